The first kappa shape index (κ1) is 20.4. The maximum atomic E-state index is 12.2. The molecule has 0 saturated heterocycles. The second-order valence-corrected chi connectivity index (χ2v) is 6.53. The van der Waals surface area contributed by atoms with Gasteiger partial charge in [-0.15, -0.1) is 0 Å². The number of carboxylic acid groups (broad SMARTS) is 1. The lowest BCUT2D eigenvalue weighted by atomic mass is 10.0. The molecule has 0 saturated carbocycles. The fourth-order valence-electron chi connectivity index (χ4n) is 1.62. The maximum Gasteiger partial charge on any atom is 0.326 e. The summed E-state index contributed by atoms with van der Waals surface area (Å²) in [4.78, 5) is 45.2. The van der Waals surface area contributed by atoms with Gasteiger partial charge in [-0.05, 0) is 12.3 Å². The maximum absolute atomic E-state index is 12.2. The average Bonchev–Trinajstić information content (AvgIpc) is 2.36. The van der Waals surface area contributed by atoms with Gasteiger partial charge in [0.15, 0.2) is 5.12 Å². The van der Waals surface area contributed by atoms with E-state index in [1.807, 2.05) is 13.8 Å². The van der Waals surface area contributed by atoms with E-state index >= 15 is 0 Å². The van der Waals surface area contributed by atoms with Gasteiger partial charge in [0.25, 0.3) is 0 Å². The van der Waals surface area contributed by atoms with Crippen LogP contribution in [0.5, 0.6) is 0 Å². The van der Waals surface area contributed by atoms with E-state index in [9.17, 15) is 19.2 Å². The zero-order valence-corrected chi connectivity index (χ0v) is 14.1. The van der Waals surface area contributed by atoms with E-state index in [4.69, 9.17) is 9.84 Å². The van der Waals surface area contributed by atoms with Crippen LogP contribution in [0.3, 0.4) is 0 Å². The lowest BCUT2D eigenvalue weighted by Gasteiger charge is -2.20. The predicted octanol–water partition coefficient (Wildman–Crippen LogP) is 1.06. The zero-order valence-electron chi connectivity index (χ0n) is 13.3. The summed E-state index contributed by atoms with van der Waals surface area (Å²) in [6.07, 6.45) is 0.293. The standard InChI is InChI=1S/C14H23NO6S/c1-8(2)5-12(14(19)20)15-13(18)11(6-21-9(3)16)7-22-10(4)17/h8,11-12H,5-7H2,1-4H3,(H,15,18)(H,19,20). The van der Waals surface area contributed by atoms with Crippen LogP contribution in [0.4, 0.5) is 0 Å². The Labute approximate surface area is 134 Å². The van der Waals surface area contributed by atoms with Crippen molar-refractivity contribution < 1.29 is 29.0 Å². The van der Waals surface area contributed by atoms with Crippen LogP contribution in [0.1, 0.15) is 34.1 Å². The molecule has 1 amide bonds. The first-order chi connectivity index (χ1) is 10.1. The highest BCUT2D eigenvalue weighted by Gasteiger charge is 2.27. The molecule has 2 atom stereocenters. The molecule has 7 nitrogen and oxygen atoms in total. The lowest BCUT2D eigenvalue weighted by Crippen LogP contribution is -2.46. The third-order valence-corrected chi connectivity index (χ3v) is 3.64. The number of hydrogen-bond acceptors (Lipinski definition) is 6. The van der Waals surface area contributed by atoms with Gasteiger partial charge in [-0.1, -0.05) is 25.6 Å². The Morgan fingerprint density at radius 1 is 1.18 bits per heavy atom. The number of carbonyl (C=O) groups is 4. The molecule has 0 heterocycles. The molecule has 0 aliphatic carbocycles. The fraction of sp³-hybridized carbons (Fsp3) is 0.714. The predicted molar refractivity (Wildman–Crippen MR) is 82.3 cm³/mol. The van der Waals surface area contributed by atoms with Gasteiger partial charge in [0.05, 0.1) is 5.92 Å². The molecule has 126 valence electrons. The highest BCUT2D eigenvalue weighted by molar-refractivity contribution is 8.13. The number of esters is 1. The number of thioether (sulfide) groups is 1. The highest BCUT2D eigenvalue weighted by atomic mass is 32.2. The summed E-state index contributed by atoms with van der Waals surface area (Å²) in [5.74, 6) is -2.74. The van der Waals surface area contributed by atoms with Crippen molar-refractivity contribution >= 4 is 34.7 Å². The van der Waals surface area contributed by atoms with E-state index in [2.05, 4.69) is 5.32 Å². The van der Waals surface area contributed by atoms with Gasteiger partial charge >= 0.3 is 11.9 Å². The Kier molecular flexibility index (Phi) is 9.48. The highest BCUT2D eigenvalue weighted by Crippen LogP contribution is 2.12. The van der Waals surface area contributed by atoms with Crippen molar-refractivity contribution in [3.8, 4) is 0 Å². The van der Waals surface area contributed by atoms with Crippen molar-refractivity contribution in [3.05, 3.63) is 0 Å². The van der Waals surface area contributed by atoms with Crippen LogP contribution in [-0.4, -0.2) is 46.5 Å². The summed E-state index contributed by atoms with van der Waals surface area (Å²) in [7, 11) is 0. The van der Waals surface area contributed by atoms with Crippen molar-refractivity contribution in [2.75, 3.05) is 12.4 Å². The van der Waals surface area contributed by atoms with Crippen LogP contribution in [0, 0.1) is 11.8 Å². The van der Waals surface area contributed by atoms with Crippen molar-refractivity contribution in [2.45, 2.75) is 40.2 Å². The van der Waals surface area contributed by atoms with Crippen molar-refractivity contribution in [3.63, 3.8) is 0 Å². The monoisotopic (exact) mass is 333 g/mol. The summed E-state index contributed by atoms with van der Waals surface area (Å²) in [6, 6.07) is -1.00. The third kappa shape index (κ3) is 9.38. The molecule has 2 unspecified atom stereocenters. The minimum Gasteiger partial charge on any atom is -0.480 e. The molecule has 0 aromatic heterocycles. The molecule has 0 radical (unpaired) electrons. The van der Waals surface area contributed by atoms with Crippen LogP contribution >= 0.6 is 11.8 Å². The minimum atomic E-state index is -1.12. The van der Waals surface area contributed by atoms with E-state index in [0.717, 1.165) is 11.8 Å². The number of carbonyl (C=O) groups excluding carboxylic acids is 3. The Hall–Kier alpha value is -1.57. The smallest absolute Gasteiger partial charge is 0.326 e. The van der Waals surface area contributed by atoms with Gasteiger partial charge in [-0.25, -0.2) is 4.79 Å². The van der Waals surface area contributed by atoms with E-state index < -0.39 is 29.8 Å². The van der Waals surface area contributed by atoms with Gasteiger partial charge in [-0.3, -0.25) is 14.4 Å². The zero-order chi connectivity index (χ0) is 17.3. The summed E-state index contributed by atoms with van der Waals surface area (Å²) in [5, 5.41) is 11.4. The largest absolute Gasteiger partial charge is 0.480 e. The van der Waals surface area contributed by atoms with Crippen molar-refractivity contribution in [1.29, 1.82) is 0 Å². The molecule has 0 rings (SSSR count). The van der Waals surface area contributed by atoms with Crippen LogP contribution < -0.4 is 5.32 Å². The molecule has 2 N–H and O–H groups in total. The van der Waals surface area contributed by atoms with Crippen molar-refractivity contribution in [1.82, 2.24) is 5.32 Å². The number of carboxylic acids is 1. The minimum absolute atomic E-state index is 0.0971. The lowest BCUT2D eigenvalue weighted by molar-refractivity contribution is -0.146. The molecule has 0 aromatic rings. The number of aliphatic carboxylic acids is 1. The normalized spacial score (nSPS) is 13.3. The Bertz CT molecular complexity index is 406. The number of nitrogens with one attached hydrogen (secondary N) is 1. The summed E-state index contributed by atoms with van der Waals surface area (Å²) in [5.41, 5.74) is 0. The van der Waals surface area contributed by atoms with E-state index in [1.54, 1.807) is 0 Å². The Morgan fingerprint density at radius 2 is 1.77 bits per heavy atom. The molecule has 0 aromatic carbocycles. The third-order valence-electron chi connectivity index (χ3n) is 2.67. The van der Waals surface area contributed by atoms with Crippen LogP contribution in [0.15, 0.2) is 0 Å². The molecule has 8 heteroatoms. The summed E-state index contributed by atoms with van der Waals surface area (Å²) < 4.78 is 4.81. The SMILES string of the molecule is CC(=O)OCC(CSC(C)=O)C(=O)NC(CC(C)C)C(=O)O. The molecule has 0 spiro atoms. The van der Waals surface area contributed by atoms with Gasteiger partial charge in [-0.2, -0.15) is 0 Å². The van der Waals surface area contributed by atoms with Gasteiger partial charge in [0, 0.05) is 19.6 Å². The molecule has 0 aliphatic heterocycles. The van der Waals surface area contributed by atoms with E-state index in [0.29, 0.717) is 6.42 Å². The molecule has 0 bridgehead atoms. The van der Waals surface area contributed by atoms with E-state index in [-0.39, 0.29) is 23.4 Å². The molecular weight excluding hydrogens is 310 g/mol. The summed E-state index contributed by atoms with van der Waals surface area (Å²) >= 11 is 0.930. The fourth-order valence-corrected chi connectivity index (χ4v) is 2.30. The van der Waals surface area contributed by atoms with Gasteiger partial charge < -0.3 is 15.2 Å². The number of ether oxygens (including phenoxy) is 1. The van der Waals surface area contributed by atoms with Crippen LogP contribution in [0.25, 0.3) is 0 Å². The first-order valence-electron chi connectivity index (χ1n) is 6.93. The second-order valence-electron chi connectivity index (χ2n) is 5.33. The number of rotatable bonds is 9. The number of hydrogen-bond donors (Lipinski definition) is 2. The average molecular weight is 333 g/mol. The molecule has 0 aliphatic rings. The van der Waals surface area contributed by atoms with E-state index in [1.165, 1.54) is 13.8 Å². The van der Waals surface area contributed by atoms with Gasteiger partial charge in [0.1, 0.15) is 12.6 Å². The van der Waals surface area contributed by atoms with Crippen molar-refractivity contribution in [2.24, 2.45) is 11.8 Å². The second kappa shape index (κ2) is 10.2. The number of amides is 1. The van der Waals surface area contributed by atoms with Crippen LogP contribution in [-0.2, 0) is 23.9 Å². The topological polar surface area (TPSA) is 110 Å². The molecular formula is C14H23NO6S. The molecule has 0 fully saturated rings. The quantitative estimate of drug-likeness (QED) is 0.607. The Balaban J connectivity index is 4.78. The van der Waals surface area contributed by atoms with Gasteiger partial charge in [0.2, 0.25) is 5.91 Å². The summed E-state index contributed by atoms with van der Waals surface area (Å²) in [6.45, 7) is 6.10. The Morgan fingerprint density at radius 3 is 2.18 bits per heavy atom. The first-order valence-corrected chi connectivity index (χ1v) is 7.92. The van der Waals surface area contributed by atoms with Crippen LogP contribution in [0.2, 0.25) is 0 Å². The molecule has 22 heavy (non-hydrogen) atoms.